The van der Waals surface area contributed by atoms with Gasteiger partial charge in [0, 0.05) is 24.1 Å². The molecule has 4 aromatic rings. The van der Waals surface area contributed by atoms with Crippen molar-refractivity contribution >= 4 is 22.9 Å². The van der Waals surface area contributed by atoms with Crippen LogP contribution in [-0.2, 0) is 12.8 Å². The number of carbonyl (C=O) groups excluding carboxylic acids is 1. The average Bonchev–Trinajstić information content (AvgIpc) is 3.38. The first-order chi connectivity index (χ1) is 14.6. The fourth-order valence-electron chi connectivity index (χ4n) is 3.61. The van der Waals surface area contributed by atoms with E-state index in [1.165, 1.54) is 23.0 Å². The fraction of sp³-hybridized carbons (Fsp3) is 0.136. The van der Waals surface area contributed by atoms with Gasteiger partial charge in [0.2, 0.25) is 0 Å². The molecule has 1 aliphatic rings. The lowest BCUT2D eigenvalue weighted by Crippen LogP contribution is -2.13. The number of aromatic nitrogens is 3. The molecule has 0 saturated heterocycles. The van der Waals surface area contributed by atoms with E-state index in [9.17, 15) is 13.6 Å². The van der Waals surface area contributed by atoms with Gasteiger partial charge in [0.05, 0.1) is 22.6 Å². The molecule has 0 saturated carbocycles. The quantitative estimate of drug-likeness (QED) is 0.505. The van der Waals surface area contributed by atoms with Crippen molar-refractivity contribution in [2.45, 2.75) is 19.3 Å². The molecular weight excluding hydrogens is 406 g/mol. The molecule has 1 aliphatic carbocycles. The number of hydrogen-bond acceptors (Lipinski definition) is 4. The van der Waals surface area contributed by atoms with E-state index in [-0.39, 0.29) is 10.7 Å². The Morgan fingerprint density at radius 3 is 2.83 bits per heavy atom. The van der Waals surface area contributed by atoms with Crippen LogP contribution in [0.25, 0.3) is 16.1 Å². The van der Waals surface area contributed by atoms with E-state index in [0.717, 1.165) is 53.2 Å². The van der Waals surface area contributed by atoms with Gasteiger partial charge in [0.15, 0.2) is 5.01 Å². The van der Waals surface area contributed by atoms with Crippen molar-refractivity contribution in [1.82, 2.24) is 14.5 Å². The zero-order chi connectivity index (χ0) is 20.7. The van der Waals surface area contributed by atoms with Crippen molar-refractivity contribution in [1.29, 1.82) is 0 Å². The number of rotatable bonds is 3. The van der Waals surface area contributed by atoms with Gasteiger partial charge >= 0.3 is 0 Å². The molecule has 2 heterocycles. The summed E-state index contributed by atoms with van der Waals surface area (Å²) in [4.78, 5) is 22.3. The van der Waals surface area contributed by atoms with Crippen LogP contribution in [0, 0.1) is 11.6 Å². The summed E-state index contributed by atoms with van der Waals surface area (Å²) in [5.74, 6) is -2.03. The maximum atomic E-state index is 13.9. The third kappa shape index (κ3) is 3.39. The number of imidazole rings is 1. The van der Waals surface area contributed by atoms with Crippen LogP contribution in [0.5, 0.6) is 0 Å². The molecule has 2 aromatic carbocycles. The number of anilines is 1. The molecule has 150 valence electrons. The van der Waals surface area contributed by atoms with Gasteiger partial charge in [0.1, 0.15) is 11.6 Å². The van der Waals surface area contributed by atoms with Gasteiger partial charge in [-0.25, -0.2) is 18.7 Å². The van der Waals surface area contributed by atoms with Crippen molar-refractivity contribution in [3.8, 4) is 16.1 Å². The highest BCUT2D eigenvalue weighted by molar-refractivity contribution is 7.17. The van der Waals surface area contributed by atoms with E-state index >= 15 is 0 Å². The van der Waals surface area contributed by atoms with Gasteiger partial charge in [-0.2, -0.15) is 0 Å². The molecule has 1 amide bonds. The maximum absolute atomic E-state index is 13.9. The van der Waals surface area contributed by atoms with E-state index in [4.69, 9.17) is 0 Å². The molecule has 30 heavy (non-hydrogen) atoms. The minimum absolute atomic E-state index is 0.0745. The van der Waals surface area contributed by atoms with Crippen molar-refractivity contribution in [3.05, 3.63) is 83.0 Å². The number of fused-ring (bicyclic) bond motifs is 3. The van der Waals surface area contributed by atoms with Crippen molar-refractivity contribution in [2.24, 2.45) is 0 Å². The minimum Gasteiger partial charge on any atom is -0.317 e. The summed E-state index contributed by atoms with van der Waals surface area (Å²) in [5, 5.41) is 2.75. The van der Waals surface area contributed by atoms with Gasteiger partial charge in [-0.15, -0.1) is 11.3 Å². The van der Waals surface area contributed by atoms with Crippen LogP contribution in [0.4, 0.5) is 14.5 Å². The molecule has 5 nitrogen and oxygen atoms in total. The minimum atomic E-state index is -0.822. The number of aryl methyl sites for hydroxylation is 2. The molecule has 2 aromatic heterocycles. The summed E-state index contributed by atoms with van der Waals surface area (Å²) in [6.45, 7) is 0. The second-order valence-electron chi connectivity index (χ2n) is 7.04. The summed E-state index contributed by atoms with van der Waals surface area (Å²) in [7, 11) is 0. The largest absolute Gasteiger partial charge is 0.317 e. The number of benzene rings is 2. The molecule has 0 radical (unpaired) electrons. The van der Waals surface area contributed by atoms with Crippen molar-refractivity contribution in [3.63, 3.8) is 0 Å². The van der Waals surface area contributed by atoms with Crippen LogP contribution >= 0.6 is 11.3 Å². The van der Waals surface area contributed by atoms with E-state index in [1.807, 2.05) is 10.8 Å². The Labute approximate surface area is 175 Å². The van der Waals surface area contributed by atoms with E-state index in [0.29, 0.717) is 0 Å². The lowest BCUT2D eigenvalue weighted by atomic mass is 10.0. The Balaban J connectivity index is 1.51. The van der Waals surface area contributed by atoms with Crippen LogP contribution in [0.2, 0.25) is 0 Å². The van der Waals surface area contributed by atoms with Gasteiger partial charge < -0.3 is 9.88 Å². The Morgan fingerprint density at radius 2 is 2.03 bits per heavy atom. The third-order valence-corrected chi connectivity index (χ3v) is 6.20. The summed E-state index contributed by atoms with van der Waals surface area (Å²) >= 11 is 1.29. The second-order valence-corrected chi connectivity index (χ2v) is 8.04. The van der Waals surface area contributed by atoms with Gasteiger partial charge in [-0.05, 0) is 54.7 Å². The highest BCUT2D eigenvalue weighted by Gasteiger charge is 2.23. The predicted molar refractivity (Wildman–Crippen MR) is 111 cm³/mol. The summed E-state index contributed by atoms with van der Waals surface area (Å²) in [6, 6.07) is 9.28. The number of nitrogens with zero attached hydrogens (tertiary/aromatic N) is 3. The van der Waals surface area contributed by atoms with Gasteiger partial charge in [-0.3, -0.25) is 4.79 Å². The molecule has 0 bridgehead atoms. The number of carbonyl (C=O) groups is 1. The molecular formula is C22H16F2N4OS. The van der Waals surface area contributed by atoms with Gasteiger partial charge in [-0.1, -0.05) is 6.07 Å². The highest BCUT2D eigenvalue weighted by Crippen LogP contribution is 2.38. The zero-order valence-electron chi connectivity index (χ0n) is 15.7. The molecule has 8 heteroatoms. The highest BCUT2D eigenvalue weighted by atomic mass is 32.1. The third-order valence-electron chi connectivity index (χ3n) is 5.07. The summed E-state index contributed by atoms with van der Waals surface area (Å²) in [6.07, 6.45) is 7.97. The average molecular weight is 422 g/mol. The first kappa shape index (κ1) is 18.6. The lowest BCUT2D eigenvalue weighted by molar-refractivity contribution is 0.102. The van der Waals surface area contributed by atoms with E-state index in [2.05, 4.69) is 33.5 Å². The Morgan fingerprint density at radius 1 is 1.13 bits per heavy atom. The molecule has 0 spiro atoms. The van der Waals surface area contributed by atoms with Crippen molar-refractivity contribution < 1.29 is 13.6 Å². The normalized spacial score (nSPS) is 12.7. The number of amides is 1. The molecule has 5 rings (SSSR count). The number of halogens is 2. The van der Waals surface area contributed by atoms with Crippen LogP contribution in [-0.4, -0.2) is 20.4 Å². The summed E-state index contributed by atoms with van der Waals surface area (Å²) < 4.78 is 28.9. The SMILES string of the molecule is O=C(Nc1ccc(F)cc1F)c1nc2c(s1)-c1cc(-n3ccnc3)ccc1CCC2. The fourth-order valence-corrected chi connectivity index (χ4v) is 4.67. The standard InChI is InChI=1S/C22H16F2N4OS/c23-14-5-7-18(17(24)10-14)26-21(29)22-27-19-3-1-2-13-4-6-15(28-9-8-25-12-28)11-16(13)20(19)30-22/h4-12H,1-3H2,(H,26,29). The molecule has 0 atom stereocenters. The molecule has 0 fully saturated rings. The van der Waals surface area contributed by atoms with Crippen LogP contribution in [0.1, 0.15) is 27.5 Å². The summed E-state index contributed by atoms with van der Waals surface area (Å²) in [5.41, 5.74) is 4.03. The Hall–Kier alpha value is -3.39. The monoisotopic (exact) mass is 422 g/mol. The number of hydrogen-bond donors (Lipinski definition) is 1. The van der Waals surface area contributed by atoms with Gasteiger partial charge in [0.25, 0.3) is 5.91 Å². The van der Waals surface area contributed by atoms with Crippen molar-refractivity contribution in [2.75, 3.05) is 5.32 Å². The Kier molecular flexibility index (Phi) is 4.63. The van der Waals surface area contributed by atoms with Crippen LogP contribution in [0.3, 0.4) is 0 Å². The number of thiazole rings is 1. The van der Waals surface area contributed by atoms with E-state index < -0.39 is 17.5 Å². The Bertz CT molecular complexity index is 1250. The lowest BCUT2D eigenvalue weighted by Gasteiger charge is -2.09. The molecule has 1 N–H and O–H groups in total. The topological polar surface area (TPSA) is 59.8 Å². The van der Waals surface area contributed by atoms with Crippen LogP contribution in [0.15, 0.2) is 55.1 Å². The smallest absolute Gasteiger partial charge is 0.284 e. The number of nitrogens with one attached hydrogen (secondary N) is 1. The maximum Gasteiger partial charge on any atom is 0.284 e. The molecule has 0 unspecified atom stereocenters. The zero-order valence-corrected chi connectivity index (χ0v) is 16.5. The first-order valence-electron chi connectivity index (χ1n) is 9.46. The van der Waals surface area contributed by atoms with Crippen LogP contribution < -0.4 is 5.32 Å². The molecule has 0 aliphatic heterocycles. The predicted octanol–water partition coefficient (Wildman–Crippen LogP) is 5.02. The second kappa shape index (κ2) is 7.46. The van der Waals surface area contributed by atoms with E-state index in [1.54, 1.807) is 12.5 Å². The first-order valence-corrected chi connectivity index (χ1v) is 10.3.